The largest absolute Gasteiger partial charge is 0.550 e. The van der Waals surface area contributed by atoms with Crippen LogP contribution in [0.4, 0.5) is 0 Å². The fourth-order valence-electron chi connectivity index (χ4n) is 2.74. The van der Waals surface area contributed by atoms with E-state index in [0.29, 0.717) is 52.3 Å². The third kappa shape index (κ3) is 5.39. The number of hydrogen-bond acceptors (Lipinski definition) is 8. The van der Waals surface area contributed by atoms with Crippen LogP contribution in [0, 0.1) is 0 Å². The van der Waals surface area contributed by atoms with Crippen LogP contribution >= 0.6 is 24.0 Å². The Morgan fingerprint density at radius 1 is 1.14 bits per heavy atom. The van der Waals surface area contributed by atoms with Gasteiger partial charge >= 0.3 is 0 Å². The first-order chi connectivity index (χ1) is 13.4. The zero-order chi connectivity index (χ0) is 20.7. The van der Waals surface area contributed by atoms with Crippen LogP contribution in [0.5, 0.6) is 17.2 Å². The number of thiocarbonyl (C=S) groups is 1. The molecular weight excluding hydrogens is 402 g/mol. The van der Waals surface area contributed by atoms with Gasteiger partial charge in [-0.15, -0.1) is 0 Å². The summed E-state index contributed by atoms with van der Waals surface area (Å²) in [5.41, 5.74) is 0.726. The maximum absolute atomic E-state index is 12.7. The lowest BCUT2D eigenvalue weighted by Gasteiger charge is -2.14. The van der Waals surface area contributed by atoms with Crippen molar-refractivity contribution < 1.29 is 28.9 Å². The Labute approximate surface area is 173 Å². The van der Waals surface area contributed by atoms with Gasteiger partial charge < -0.3 is 24.1 Å². The second kappa shape index (κ2) is 10.3. The number of methoxy groups -OCH3 is 3. The van der Waals surface area contributed by atoms with Crippen LogP contribution in [0.3, 0.4) is 0 Å². The van der Waals surface area contributed by atoms with E-state index in [1.807, 2.05) is 0 Å². The average molecular weight is 425 g/mol. The minimum absolute atomic E-state index is 0.0272. The van der Waals surface area contributed by atoms with Gasteiger partial charge in [-0.3, -0.25) is 9.69 Å². The number of carbonyl (C=O) groups is 2. The van der Waals surface area contributed by atoms with Crippen LogP contribution in [-0.2, 0) is 9.59 Å². The zero-order valence-corrected chi connectivity index (χ0v) is 17.6. The maximum Gasteiger partial charge on any atom is 0.266 e. The summed E-state index contributed by atoms with van der Waals surface area (Å²) in [5.74, 6) is 0.252. The summed E-state index contributed by atoms with van der Waals surface area (Å²) in [7, 11) is 4.58. The number of amides is 1. The van der Waals surface area contributed by atoms with Crippen LogP contribution in [0.2, 0.25) is 0 Å². The second-order valence-electron chi connectivity index (χ2n) is 5.97. The van der Waals surface area contributed by atoms with E-state index < -0.39 is 5.97 Å². The molecule has 1 fully saturated rings. The Balaban J connectivity index is 2.11. The molecule has 2 rings (SSSR count). The third-order valence-corrected chi connectivity index (χ3v) is 5.50. The number of aliphatic carboxylic acids is 1. The van der Waals surface area contributed by atoms with Crippen molar-refractivity contribution in [2.24, 2.45) is 0 Å². The topological polar surface area (TPSA) is 88.1 Å². The molecule has 1 aromatic carbocycles. The lowest BCUT2D eigenvalue weighted by molar-refractivity contribution is -0.305. The van der Waals surface area contributed by atoms with Crippen LogP contribution in [0.15, 0.2) is 17.0 Å². The Morgan fingerprint density at radius 2 is 1.79 bits per heavy atom. The molecular formula is C19H22NO6S2-. The van der Waals surface area contributed by atoms with Crippen molar-refractivity contribution in [3.63, 3.8) is 0 Å². The molecule has 0 radical (unpaired) electrons. The van der Waals surface area contributed by atoms with Gasteiger partial charge in [-0.1, -0.05) is 30.4 Å². The van der Waals surface area contributed by atoms with Gasteiger partial charge in [0.15, 0.2) is 11.5 Å². The number of ether oxygens (including phenoxy) is 3. The maximum atomic E-state index is 12.7. The highest BCUT2D eigenvalue weighted by atomic mass is 32.2. The van der Waals surface area contributed by atoms with E-state index in [9.17, 15) is 14.7 Å². The molecule has 0 bridgehead atoms. The molecule has 1 aromatic rings. The molecule has 0 atom stereocenters. The Morgan fingerprint density at radius 3 is 2.32 bits per heavy atom. The van der Waals surface area contributed by atoms with Crippen molar-refractivity contribution in [3.8, 4) is 17.2 Å². The van der Waals surface area contributed by atoms with Crippen LogP contribution in [0.1, 0.15) is 31.2 Å². The van der Waals surface area contributed by atoms with E-state index in [-0.39, 0.29) is 12.3 Å². The number of carboxylic acids is 1. The fraction of sp³-hybridized carbons (Fsp3) is 0.421. The van der Waals surface area contributed by atoms with Crippen LogP contribution < -0.4 is 19.3 Å². The summed E-state index contributed by atoms with van der Waals surface area (Å²) in [6.45, 7) is 0.463. The van der Waals surface area contributed by atoms with Gasteiger partial charge in [0, 0.05) is 12.5 Å². The molecule has 0 N–H and O–H groups in total. The predicted molar refractivity (Wildman–Crippen MR) is 109 cm³/mol. The van der Waals surface area contributed by atoms with Crippen LogP contribution in [0.25, 0.3) is 6.08 Å². The summed E-state index contributed by atoms with van der Waals surface area (Å²) in [6.07, 6.45) is 3.66. The minimum Gasteiger partial charge on any atom is -0.550 e. The molecule has 0 saturated carbocycles. The van der Waals surface area contributed by atoms with E-state index in [4.69, 9.17) is 26.4 Å². The predicted octanol–water partition coefficient (Wildman–Crippen LogP) is 2.22. The lowest BCUT2D eigenvalue weighted by atomic mass is 10.1. The normalized spacial score (nSPS) is 15.2. The van der Waals surface area contributed by atoms with E-state index in [1.54, 1.807) is 23.1 Å². The minimum atomic E-state index is -1.06. The summed E-state index contributed by atoms with van der Waals surface area (Å²) in [4.78, 5) is 25.2. The molecule has 7 nitrogen and oxygen atoms in total. The molecule has 9 heteroatoms. The Kier molecular flexibility index (Phi) is 8.13. The number of rotatable bonds is 10. The van der Waals surface area contributed by atoms with Gasteiger partial charge in [0.05, 0.1) is 26.2 Å². The summed E-state index contributed by atoms with van der Waals surface area (Å²) in [5, 5.41) is 10.4. The summed E-state index contributed by atoms with van der Waals surface area (Å²) >= 11 is 6.56. The molecule has 152 valence electrons. The number of benzene rings is 1. The average Bonchev–Trinajstić information content (AvgIpc) is 2.93. The molecule has 0 spiro atoms. The quantitative estimate of drug-likeness (QED) is 0.321. The molecule has 1 aliphatic heterocycles. The molecule has 28 heavy (non-hydrogen) atoms. The van der Waals surface area contributed by atoms with Crippen molar-refractivity contribution in [1.82, 2.24) is 4.90 Å². The van der Waals surface area contributed by atoms with Crippen molar-refractivity contribution in [1.29, 1.82) is 0 Å². The Bertz CT molecular complexity index is 768. The third-order valence-electron chi connectivity index (χ3n) is 4.12. The Hall–Kier alpha value is -2.26. The summed E-state index contributed by atoms with van der Waals surface area (Å²) < 4.78 is 16.5. The van der Waals surface area contributed by atoms with Gasteiger partial charge in [-0.25, -0.2) is 0 Å². The smallest absolute Gasteiger partial charge is 0.266 e. The lowest BCUT2D eigenvalue weighted by Crippen LogP contribution is -2.29. The highest BCUT2D eigenvalue weighted by molar-refractivity contribution is 8.26. The highest BCUT2D eigenvalue weighted by Gasteiger charge is 2.31. The van der Waals surface area contributed by atoms with Crippen molar-refractivity contribution in [3.05, 3.63) is 22.6 Å². The van der Waals surface area contributed by atoms with Gasteiger partial charge in [0.1, 0.15) is 4.32 Å². The van der Waals surface area contributed by atoms with E-state index in [2.05, 4.69) is 0 Å². The molecule has 1 saturated heterocycles. The molecule has 1 amide bonds. The number of hydrogen-bond donors (Lipinski definition) is 0. The van der Waals surface area contributed by atoms with Gasteiger partial charge in [0.25, 0.3) is 5.91 Å². The van der Waals surface area contributed by atoms with E-state index >= 15 is 0 Å². The molecule has 1 aliphatic rings. The number of thioether (sulfide) groups is 1. The van der Waals surface area contributed by atoms with E-state index in [1.165, 1.54) is 33.1 Å². The number of carboxylic acid groups (broad SMARTS) is 1. The van der Waals surface area contributed by atoms with Crippen molar-refractivity contribution >= 4 is 46.3 Å². The number of unbranched alkanes of at least 4 members (excludes halogenated alkanes) is 2. The SMILES string of the molecule is COc1cc(C=C2SC(=S)N(CCCCCC(=O)[O-])C2=O)cc(OC)c1OC. The molecule has 0 aromatic heterocycles. The van der Waals surface area contributed by atoms with Gasteiger partial charge in [-0.05, 0) is 43.0 Å². The monoisotopic (exact) mass is 424 g/mol. The first-order valence-corrected chi connectivity index (χ1v) is 9.89. The van der Waals surface area contributed by atoms with Crippen LogP contribution in [-0.4, -0.2) is 49.0 Å². The number of nitrogens with zero attached hydrogens (tertiary/aromatic N) is 1. The summed E-state index contributed by atoms with van der Waals surface area (Å²) in [6, 6.07) is 3.52. The number of carbonyl (C=O) groups excluding carboxylic acids is 2. The zero-order valence-electron chi connectivity index (χ0n) is 16.0. The molecule has 0 unspecified atom stereocenters. The van der Waals surface area contributed by atoms with Gasteiger partial charge in [0.2, 0.25) is 5.75 Å². The van der Waals surface area contributed by atoms with Gasteiger partial charge in [-0.2, -0.15) is 0 Å². The first-order valence-electron chi connectivity index (χ1n) is 8.66. The molecule has 0 aliphatic carbocycles. The highest BCUT2D eigenvalue weighted by Crippen LogP contribution is 2.40. The van der Waals surface area contributed by atoms with Crippen molar-refractivity contribution in [2.75, 3.05) is 27.9 Å². The first kappa shape index (κ1) is 22.0. The fourth-order valence-corrected chi connectivity index (χ4v) is 4.05. The standard InChI is InChI=1S/C19H23NO6S2/c1-24-13-9-12(10-14(25-2)17(13)26-3)11-15-18(23)20(19(27)28-15)8-6-4-5-7-16(21)22/h9-11H,4-8H2,1-3H3,(H,21,22)/p-1. The molecule has 1 heterocycles. The second-order valence-corrected chi connectivity index (χ2v) is 7.65. The van der Waals surface area contributed by atoms with Crippen molar-refractivity contribution in [2.45, 2.75) is 25.7 Å². The van der Waals surface area contributed by atoms with E-state index in [0.717, 1.165) is 5.56 Å².